The van der Waals surface area contributed by atoms with Crippen LogP contribution in [0.4, 0.5) is 0 Å². The summed E-state index contributed by atoms with van der Waals surface area (Å²) in [5, 5.41) is 0. The van der Waals surface area contributed by atoms with Gasteiger partial charge in [0.1, 0.15) is 0 Å². The molecule has 0 aliphatic heterocycles. The minimum absolute atomic E-state index is 0.121. The van der Waals surface area contributed by atoms with Crippen LogP contribution in [0.3, 0.4) is 0 Å². The Bertz CT molecular complexity index is 401. The molecule has 0 heterocycles. The first-order chi connectivity index (χ1) is 6.42. The van der Waals surface area contributed by atoms with E-state index in [4.69, 9.17) is 10.3 Å². The van der Waals surface area contributed by atoms with Crippen molar-refractivity contribution < 1.29 is 13.0 Å². The fourth-order valence-electron chi connectivity index (χ4n) is 1.26. The second-order valence-electron chi connectivity index (χ2n) is 3.08. The molecule has 4 nitrogen and oxygen atoms in total. The summed E-state index contributed by atoms with van der Waals surface area (Å²) in [6, 6.07) is 8.27. The number of hydrogen-bond acceptors (Lipinski definition) is 3. The van der Waals surface area contributed by atoms with Crippen LogP contribution >= 0.6 is 0 Å². The molecule has 0 fully saturated rings. The predicted octanol–water partition coefficient (Wildman–Crippen LogP) is 1.10. The van der Waals surface area contributed by atoms with Crippen molar-refractivity contribution in [2.75, 3.05) is 0 Å². The van der Waals surface area contributed by atoms with Gasteiger partial charge in [0.15, 0.2) is 4.87 Å². The first kappa shape index (κ1) is 11.2. The SMILES string of the molecule is CCC(N)(c1ccccc1)S(=O)(=O)O. The highest BCUT2D eigenvalue weighted by Gasteiger charge is 2.38. The molecule has 1 aromatic carbocycles. The third-order valence-corrected chi connectivity index (χ3v) is 3.69. The van der Waals surface area contributed by atoms with Crippen LogP contribution in [0.15, 0.2) is 30.3 Å². The molecule has 5 heteroatoms. The number of rotatable bonds is 3. The van der Waals surface area contributed by atoms with Gasteiger partial charge < -0.3 is 5.73 Å². The fourth-order valence-corrected chi connectivity index (χ4v) is 2.05. The fraction of sp³-hybridized carbons (Fsp3) is 0.333. The van der Waals surface area contributed by atoms with Gasteiger partial charge in [0, 0.05) is 0 Å². The summed E-state index contributed by atoms with van der Waals surface area (Å²) in [7, 11) is -4.29. The summed E-state index contributed by atoms with van der Waals surface area (Å²) >= 11 is 0. The topological polar surface area (TPSA) is 80.4 Å². The molecule has 0 radical (unpaired) electrons. The maximum absolute atomic E-state index is 11.1. The molecule has 1 rings (SSSR count). The van der Waals surface area contributed by atoms with Gasteiger partial charge in [-0.15, -0.1) is 0 Å². The highest BCUT2D eigenvalue weighted by Crippen LogP contribution is 2.26. The van der Waals surface area contributed by atoms with E-state index < -0.39 is 15.0 Å². The van der Waals surface area contributed by atoms with E-state index in [-0.39, 0.29) is 6.42 Å². The highest BCUT2D eigenvalue weighted by atomic mass is 32.2. The van der Waals surface area contributed by atoms with Gasteiger partial charge in [-0.1, -0.05) is 37.3 Å². The zero-order valence-electron chi connectivity index (χ0n) is 7.84. The van der Waals surface area contributed by atoms with Gasteiger partial charge in [-0.3, -0.25) is 4.55 Å². The lowest BCUT2D eigenvalue weighted by molar-refractivity contribution is 0.422. The Kier molecular flexibility index (Phi) is 2.94. The predicted molar refractivity (Wildman–Crippen MR) is 54.1 cm³/mol. The van der Waals surface area contributed by atoms with Gasteiger partial charge in [-0.05, 0) is 12.0 Å². The summed E-state index contributed by atoms with van der Waals surface area (Å²) in [6.07, 6.45) is 0.121. The minimum atomic E-state index is -4.29. The molecule has 3 N–H and O–H groups in total. The first-order valence-electron chi connectivity index (χ1n) is 4.23. The Hall–Kier alpha value is -0.910. The Balaban J connectivity index is 3.30. The van der Waals surface area contributed by atoms with Gasteiger partial charge in [0.2, 0.25) is 0 Å². The minimum Gasteiger partial charge on any atom is -0.307 e. The van der Waals surface area contributed by atoms with E-state index in [1.165, 1.54) is 0 Å². The van der Waals surface area contributed by atoms with E-state index in [1.807, 2.05) is 0 Å². The molecule has 0 saturated heterocycles. The average Bonchev–Trinajstić information content (AvgIpc) is 2.16. The molecule has 1 unspecified atom stereocenters. The van der Waals surface area contributed by atoms with Gasteiger partial charge in [0.25, 0.3) is 10.1 Å². The lowest BCUT2D eigenvalue weighted by Gasteiger charge is -2.24. The molecule has 0 amide bonds. The van der Waals surface area contributed by atoms with Crippen LogP contribution in [-0.4, -0.2) is 13.0 Å². The Morgan fingerprint density at radius 1 is 1.36 bits per heavy atom. The summed E-state index contributed by atoms with van der Waals surface area (Å²) in [5.74, 6) is 0. The summed E-state index contributed by atoms with van der Waals surface area (Å²) in [4.78, 5) is -1.70. The molecule has 0 spiro atoms. The van der Waals surface area contributed by atoms with Crippen LogP contribution in [0.25, 0.3) is 0 Å². The van der Waals surface area contributed by atoms with E-state index >= 15 is 0 Å². The summed E-state index contributed by atoms with van der Waals surface area (Å²) < 4.78 is 31.3. The van der Waals surface area contributed by atoms with Crippen molar-refractivity contribution in [3.8, 4) is 0 Å². The third-order valence-electron chi connectivity index (χ3n) is 2.25. The van der Waals surface area contributed by atoms with Crippen molar-refractivity contribution >= 4 is 10.1 Å². The first-order valence-corrected chi connectivity index (χ1v) is 5.67. The molecule has 1 aromatic rings. The molecule has 0 aliphatic rings. The molecule has 0 saturated carbocycles. The molecule has 1 atom stereocenters. The maximum atomic E-state index is 11.1. The average molecular weight is 215 g/mol. The monoisotopic (exact) mass is 215 g/mol. The van der Waals surface area contributed by atoms with Gasteiger partial charge in [-0.2, -0.15) is 8.42 Å². The molecule has 0 aromatic heterocycles. The van der Waals surface area contributed by atoms with Gasteiger partial charge in [0.05, 0.1) is 0 Å². The van der Waals surface area contributed by atoms with Crippen LogP contribution in [-0.2, 0) is 15.0 Å². The van der Waals surface area contributed by atoms with Crippen molar-refractivity contribution in [1.29, 1.82) is 0 Å². The second-order valence-corrected chi connectivity index (χ2v) is 4.76. The lowest BCUT2D eigenvalue weighted by Crippen LogP contribution is -2.43. The molecule has 0 bridgehead atoms. The quantitative estimate of drug-likeness (QED) is 0.740. The smallest absolute Gasteiger partial charge is 0.288 e. The highest BCUT2D eigenvalue weighted by molar-refractivity contribution is 7.86. The molecule has 0 aliphatic carbocycles. The Morgan fingerprint density at radius 3 is 2.21 bits per heavy atom. The van der Waals surface area contributed by atoms with E-state index in [0.717, 1.165) is 0 Å². The second kappa shape index (κ2) is 3.68. The Morgan fingerprint density at radius 2 is 1.86 bits per heavy atom. The van der Waals surface area contributed by atoms with E-state index in [9.17, 15) is 8.42 Å². The third kappa shape index (κ3) is 1.79. The van der Waals surface area contributed by atoms with Crippen LogP contribution in [0.1, 0.15) is 18.9 Å². The summed E-state index contributed by atoms with van der Waals surface area (Å²) in [6.45, 7) is 1.61. The number of nitrogens with two attached hydrogens (primary N) is 1. The van der Waals surface area contributed by atoms with Crippen LogP contribution in [0.5, 0.6) is 0 Å². The maximum Gasteiger partial charge on any atom is 0.288 e. The number of hydrogen-bond donors (Lipinski definition) is 2. The molecular weight excluding hydrogens is 202 g/mol. The van der Waals surface area contributed by atoms with Crippen molar-refractivity contribution in [3.63, 3.8) is 0 Å². The van der Waals surface area contributed by atoms with Crippen LogP contribution in [0, 0.1) is 0 Å². The molecular formula is C9H13NO3S. The zero-order chi connectivity index (χ0) is 10.8. The van der Waals surface area contributed by atoms with Crippen molar-refractivity contribution in [1.82, 2.24) is 0 Å². The number of benzene rings is 1. The standard InChI is InChI=1S/C9H13NO3S/c1-2-9(10,14(11,12)13)8-6-4-3-5-7-8/h3-7H,2,10H2,1H3,(H,11,12,13). The van der Waals surface area contributed by atoms with Crippen molar-refractivity contribution in [3.05, 3.63) is 35.9 Å². The van der Waals surface area contributed by atoms with Gasteiger partial charge >= 0.3 is 0 Å². The Labute approximate surface area is 83.5 Å². The van der Waals surface area contributed by atoms with Gasteiger partial charge in [-0.25, -0.2) is 0 Å². The van der Waals surface area contributed by atoms with Crippen LogP contribution in [0.2, 0.25) is 0 Å². The van der Waals surface area contributed by atoms with E-state index in [0.29, 0.717) is 5.56 Å². The molecule has 14 heavy (non-hydrogen) atoms. The van der Waals surface area contributed by atoms with Crippen molar-refractivity contribution in [2.24, 2.45) is 5.73 Å². The summed E-state index contributed by atoms with van der Waals surface area (Å²) in [5.41, 5.74) is 6.05. The largest absolute Gasteiger partial charge is 0.307 e. The molecule has 78 valence electrons. The van der Waals surface area contributed by atoms with Crippen molar-refractivity contribution in [2.45, 2.75) is 18.2 Å². The van der Waals surface area contributed by atoms with E-state index in [2.05, 4.69) is 0 Å². The van der Waals surface area contributed by atoms with E-state index in [1.54, 1.807) is 37.3 Å². The lowest BCUT2D eigenvalue weighted by atomic mass is 10.1. The zero-order valence-corrected chi connectivity index (χ0v) is 8.66. The normalized spacial score (nSPS) is 16.2. The van der Waals surface area contributed by atoms with Crippen LogP contribution < -0.4 is 5.73 Å².